The van der Waals surface area contributed by atoms with Gasteiger partial charge in [-0.25, -0.2) is 0 Å². The molecule has 0 amide bonds. The molecule has 0 bridgehead atoms. The zero-order chi connectivity index (χ0) is 57.8. The summed E-state index contributed by atoms with van der Waals surface area (Å²) in [4.78, 5) is 38.3. The van der Waals surface area contributed by atoms with E-state index in [0.717, 1.165) is 64.2 Å². The van der Waals surface area contributed by atoms with Gasteiger partial charge in [-0.05, 0) is 51.4 Å². The summed E-state index contributed by atoms with van der Waals surface area (Å²) in [7, 11) is 0. The van der Waals surface area contributed by atoms with Crippen molar-refractivity contribution in [3.63, 3.8) is 0 Å². The minimum atomic E-state index is -0.767. The summed E-state index contributed by atoms with van der Waals surface area (Å²) < 4.78 is 16.9. The Morgan fingerprint density at radius 2 is 0.450 bits per heavy atom. The number of esters is 3. The fourth-order valence-electron chi connectivity index (χ4n) is 11.2. The van der Waals surface area contributed by atoms with Crippen LogP contribution >= 0.6 is 0 Å². The van der Waals surface area contributed by atoms with Gasteiger partial charge in [-0.15, -0.1) is 0 Å². The smallest absolute Gasteiger partial charge is 0.306 e. The Balaban J connectivity index is 4.03. The number of carbonyl (C=O) groups is 3. The minimum absolute atomic E-state index is 0.0651. The molecule has 0 aromatic carbocycles. The Hall–Kier alpha value is -2.11. The predicted octanol–water partition coefficient (Wildman–Crippen LogP) is 25.0. The molecule has 0 fully saturated rings. The molecule has 1 unspecified atom stereocenters. The molecule has 0 saturated carbocycles. The van der Waals surface area contributed by atoms with E-state index >= 15 is 0 Å². The number of rotatable bonds is 68. The lowest BCUT2D eigenvalue weighted by Crippen LogP contribution is -2.30. The van der Waals surface area contributed by atoms with Gasteiger partial charge in [-0.1, -0.05) is 366 Å². The van der Waals surface area contributed by atoms with Crippen LogP contribution in [0.4, 0.5) is 0 Å². The first-order chi connectivity index (χ1) is 39.5. The van der Waals surface area contributed by atoms with E-state index in [1.165, 1.54) is 308 Å². The second-order valence-electron chi connectivity index (χ2n) is 24.9. The highest BCUT2D eigenvalue weighted by Gasteiger charge is 2.19. The Kier molecular flexibility index (Phi) is 67.6. The number of ether oxygens (including phenoxy) is 3. The highest BCUT2D eigenvalue weighted by atomic mass is 16.6. The highest BCUT2D eigenvalue weighted by Crippen LogP contribution is 2.19. The van der Waals surface area contributed by atoms with Gasteiger partial charge in [0.25, 0.3) is 0 Å². The van der Waals surface area contributed by atoms with Crippen LogP contribution in [0.15, 0.2) is 24.3 Å². The maximum Gasteiger partial charge on any atom is 0.306 e. The molecule has 0 aromatic heterocycles. The standard InChI is InChI=1S/C74H140O6/c1-4-7-10-13-16-19-21-23-25-27-29-31-33-35-36-37-38-40-41-43-45-47-49-51-53-55-58-61-64-67-73(76)79-70-71(69-78-72(75)66-63-60-57-18-15-12-9-6-3)80-74(77)68-65-62-59-56-54-52-50-48-46-44-42-39-34-32-30-28-26-24-22-20-17-14-11-8-5-2/h22,24,28,30,71H,4-21,23,25-27,29,31-70H2,1-3H3/b24-22-,30-28-. The van der Waals surface area contributed by atoms with E-state index in [-0.39, 0.29) is 31.1 Å². The molecule has 6 nitrogen and oxygen atoms in total. The summed E-state index contributed by atoms with van der Waals surface area (Å²) >= 11 is 0. The van der Waals surface area contributed by atoms with Gasteiger partial charge < -0.3 is 14.2 Å². The zero-order valence-corrected chi connectivity index (χ0v) is 54.4. The Morgan fingerprint density at radius 1 is 0.250 bits per heavy atom. The highest BCUT2D eigenvalue weighted by molar-refractivity contribution is 5.71. The largest absolute Gasteiger partial charge is 0.462 e. The van der Waals surface area contributed by atoms with E-state index in [2.05, 4.69) is 45.1 Å². The Bertz CT molecular complexity index is 1290. The molecule has 0 aliphatic carbocycles. The van der Waals surface area contributed by atoms with Gasteiger partial charge in [0.2, 0.25) is 0 Å². The molecular formula is C74H140O6. The summed E-state index contributed by atoms with van der Waals surface area (Å²) in [6.45, 7) is 6.68. The fraction of sp³-hybridized carbons (Fsp3) is 0.905. The van der Waals surface area contributed by atoms with Crippen molar-refractivity contribution in [1.82, 2.24) is 0 Å². The van der Waals surface area contributed by atoms with Gasteiger partial charge in [0.15, 0.2) is 6.10 Å². The molecule has 6 heteroatoms. The van der Waals surface area contributed by atoms with Gasteiger partial charge in [0.05, 0.1) is 0 Å². The van der Waals surface area contributed by atoms with Crippen LogP contribution < -0.4 is 0 Å². The maximum absolute atomic E-state index is 12.9. The SMILES string of the molecule is CCCCCCC/C=C\C/C=C\CCCCCCCCCCCCCCCC(=O)OC(COC(=O)CCCCCCCCCC)COC(=O)CCCCCCCCCCCCCCCCCCCCCCCCCCCCCCC. The first-order valence-electron chi connectivity index (χ1n) is 36.3. The number of allylic oxidation sites excluding steroid dienone is 4. The van der Waals surface area contributed by atoms with Gasteiger partial charge in [-0.3, -0.25) is 14.4 Å². The molecule has 0 heterocycles. The summed E-state index contributed by atoms with van der Waals surface area (Å²) in [6.07, 6.45) is 85.3. The van der Waals surface area contributed by atoms with Crippen LogP contribution in [0, 0.1) is 0 Å². The summed E-state index contributed by atoms with van der Waals surface area (Å²) in [5, 5.41) is 0. The van der Waals surface area contributed by atoms with Gasteiger partial charge in [0.1, 0.15) is 13.2 Å². The third-order valence-electron chi connectivity index (χ3n) is 16.7. The van der Waals surface area contributed by atoms with Crippen LogP contribution in [-0.4, -0.2) is 37.2 Å². The lowest BCUT2D eigenvalue weighted by Gasteiger charge is -2.18. The first kappa shape index (κ1) is 77.9. The van der Waals surface area contributed by atoms with Crippen molar-refractivity contribution in [3.05, 3.63) is 24.3 Å². The topological polar surface area (TPSA) is 78.9 Å². The number of unbranched alkanes of at least 4 members (excludes halogenated alkanes) is 53. The monoisotopic (exact) mass is 1130 g/mol. The van der Waals surface area contributed by atoms with Crippen molar-refractivity contribution in [1.29, 1.82) is 0 Å². The van der Waals surface area contributed by atoms with E-state index in [0.29, 0.717) is 19.3 Å². The third-order valence-corrected chi connectivity index (χ3v) is 16.7. The van der Waals surface area contributed by atoms with E-state index in [9.17, 15) is 14.4 Å². The van der Waals surface area contributed by atoms with Gasteiger partial charge in [-0.2, -0.15) is 0 Å². The summed E-state index contributed by atoms with van der Waals surface area (Å²) in [6, 6.07) is 0. The van der Waals surface area contributed by atoms with Crippen LogP contribution in [0.25, 0.3) is 0 Å². The van der Waals surface area contributed by atoms with Crippen molar-refractivity contribution in [2.75, 3.05) is 13.2 Å². The van der Waals surface area contributed by atoms with E-state index in [4.69, 9.17) is 14.2 Å². The summed E-state index contributed by atoms with van der Waals surface area (Å²) in [5.74, 6) is -0.840. The number of hydrogen-bond donors (Lipinski definition) is 0. The Labute approximate surface area is 500 Å². The predicted molar refractivity (Wildman–Crippen MR) is 349 cm³/mol. The molecule has 0 radical (unpaired) electrons. The normalized spacial score (nSPS) is 12.1. The third kappa shape index (κ3) is 66.7. The van der Waals surface area contributed by atoms with Crippen LogP contribution in [0.5, 0.6) is 0 Å². The molecular weight excluding hydrogens is 985 g/mol. The quantitative estimate of drug-likeness (QED) is 0.0261. The van der Waals surface area contributed by atoms with Crippen molar-refractivity contribution >= 4 is 17.9 Å². The minimum Gasteiger partial charge on any atom is -0.462 e. The van der Waals surface area contributed by atoms with Crippen molar-refractivity contribution < 1.29 is 28.6 Å². The lowest BCUT2D eigenvalue weighted by molar-refractivity contribution is -0.167. The van der Waals surface area contributed by atoms with Crippen LogP contribution in [0.2, 0.25) is 0 Å². The van der Waals surface area contributed by atoms with E-state index in [1.807, 2.05) is 0 Å². The second-order valence-corrected chi connectivity index (χ2v) is 24.9. The molecule has 0 rings (SSSR count). The maximum atomic E-state index is 12.9. The Morgan fingerprint density at radius 3 is 0.688 bits per heavy atom. The molecule has 0 spiro atoms. The fourth-order valence-corrected chi connectivity index (χ4v) is 11.2. The number of hydrogen-bond acceptors (Lipinski definition) is 6. The average molecular weight is 1130 g/mol. The molecule has 0 saturated heterocycles. The zero-order valence-electron chi connectivity index (χ0n) is 54.4. The second kappa shape index (κ2) is 69.4. The van der Waals surface area contributed by atoms with E-state index < -0.39 is 6.10 Å². The van der Waals surface area contributed by atoms with Crippen molar-refractivity contribution in [2.45, 2.75) is 419 Å². The molecule has 1 atom stereocenters. The molecule has 80 heavy (non-hydrogen) atoms. The van der Waals surface area contributed by atoms with Crippen LogP contribution in [-0.2, 0) is 28.6 Å². The molecule has 472 valence electrons. The summed E-state index contributed by atoms with van der Waals surface area (Å²) in [5.41, 5.74) is 0. The van der Waals surface area contributed by atoms with Gasteiger partial charge in [0, 0.05) is 19.3 Å². The molecule has 0 aromatic rings. The van der Waals surface area contributed by atoms with Crippen LogP contribution in [0.1, 0.15) is 412 Å². The van der Waals surface area contributed by atoms with Crippen molar-refractivity contribution in [3.8, 4) is 0 Å². The number of carbonyl (C=O) groups excluding carboxylic acids is 3. The van der Waals surface area contributed by atoms with Crippen molar-refractivity contribution in [2.24, 2.45) is 0 Å². The average Bonchev–Trinajstić information content (AvgIpc) is 3.46. The molecule has 0 aliphatic heterocycles. The van der Waals surface area contributed by atoms with Gasteiger partial charge >= 0.3 is 17.9 Å². The van der Waals surface area contributed by atoms with E-state index in [1.54, 1.807) is 0 Å². The molecule has 0 N–H and O–H groups in total. The lowest BCUT2D eigenvalue weighted by atomic mass is 10.0. The first-order valence-corrected chi connectivity index (χ1v) is 36.3. The van der Waals surface area contributed by atoms with Crippen LogP contribution in [0.3, 0.4) is 0 Å². The molecule has 0 aliphatic rings.